The number of amides is 2. The minimum Gasteiger partial charge on any atom is -0.395 e. The summed E-state index contributed by atoms with van der Waals surface area (Å²) in [6.07, 6.45) is 4.69. The first kappa shape index (κ1) is 14.4. The van der Waals surface area contributed by atoms with E-state index in [4.69, 9.17) is 16.7 Å². The summed E-state index contributed by atoms with van der Waals surface area (Å²) < 4.78 is 0. The van der Waals surface area contributed by atoms with Crippen molar-refractivity contribution >= 4 is 29.1 Å². The maximum Gasteiger partial charge on any atom is 0.330 e. The van der Waals surface area contributed by atoms with Crippen LogP contribution in [-0.4, -0.2) is 45.7 Å². The quantitative estimate of drug-likeness (QED) is 0.847. The van der Waals surface area contributed by atoms with Gasteiger partial charge in [0, 0.05) is 6.54 Å². The molecule has 1 aliphatic heterocycles. The second-order valence-electron chi connectivity index (χ2n) is 5.57. The molecule has 0 saturated heterocycles. The third-order valence-corrected chi connectivity index (χ3v) is 4.18. The molecule has 1 aromatic rings. The number of rotatable bonds is 6. The van der Waals surface area contributed by atoms with Crippen LogP contribution in [0.15, 0.2) is 6.58 Å². The molecule has 2 heterocycles. The van der Waals surface area contributed by atoms with Gasteiger partial charge in [-0.15, -0.1) is 0 Å². The largest absolute Gasteiger partial charge is 0.395 e. The molecule has 1 aliphatic carbocycles. The van der Waals surface area contributed by atoms with Gasteiger partial charge in [0.2, 0.25) is 5.28 Å². The standard InChI is InChI=1S/C14H19ClN4O2/c1-9-11-12(17-13(15)16-11)19(6-2-3-10-4-5-10)14(21)18(9)7-8-20/h10,20H,1-8H2,(H,16,17). The van der Waals surface area contributed by atoms with E-state index in [1.54, 1.807) is 4.90 Å². The highest BCUT2D eigenvalue weighted by molar-refractivity contribution is 6.28. The zero-order chi connectivity index (χ0) is 15.0. The molecule has 2 amide bonds. The van der Waals surface area contributed by atoms with Gasteiger partial charge >= 0.3 is 6.03 Å². The van der Waals surface area contributed by atoms with Crippen LogP contribution in [0.25, 0.3) is 5.70 Å². The van der Waals surface area contributed by atoms with E-state index < -0.39 is 0 Å². The van der Waals surface area contributed by atoms with Crippen molar-refractivity contribution in [3.63, 3.8) is 0 Å². The van der Waals surface area contributed by atoms with Crippen molar-refractivity contribution in [2.45, 2.75) is 25.7 Å². The van der Waals surface area contributed by atoms with E-state index in [9.17, 15) is 4.79 Å². The number of anilines is 1. The van der Waals surface area contributed by atoms with Crippen LogP contribution in [0.1, 0.15) is 31.4 Å². The number of fused-ring (bicyclic) bond motifs is 1. The lowest BCUT2D eigenvalue weighted by molar-refractivity contribution is 0.206. The Morgan fingerprint density at radius 2 is 2.14 bits per heavy atom. The molecule has 6 nitrogen and oxygen atoms in total. The van der Waals surface area contributed by atoms with Gasteiger partial charge in [-0.05, 0) is 30.4 Å². The normalized spacial score (nSPS) is 18.4. The second-order valence-corrected chi connectivity index (χ2v) is 5.93. The van der Waals surface area contributed by atoms with Crippen LogP contribution in [-0.2, 0) is 0 Å². The van der Waals surface area contributed by atoms with Crippen molar-refractivity contribution in [1.82, 2.24) is 14.9 Å². The Hall–Kier alpha value is -1.53. The van der Waals surface area contributed by atoms with Crippen molar-refractivity contribution in [1.29, 1.82) is 0 Å². The van der Waals surface area contributed by atoms with Crippen molar-refractivity contribution < 1.29 is 9.90 Å². The van der Waals surface area contributed by atoms with E-state index in [0.29, 0.717) is 23.8 Å². The molecule has 1 fully saturated rings. The molecule has 21 heavy (non-hydrogen) atoms. The summed E-state index contributed by atoms with van der Waals surface area (Å²) in [6, 6.07) is -0.194. The first-order valence-electron chi connectivity index (χ1n) is 7.26. The van der Waals surface area contributed by atoms with Crippen LogP contribution in [0.4, 0.5) is 10.6 Å². The highest BCUT2D eigenvalue weighted by atomic mass is 35.5. The number of carbonyl (C=O) groups is 1. The molecule has 2 N–H and O–H groups in total. The van der Waals surface area contributed by atoms with Gasteiger partial charge < -0.3 is 10.1 Å². The summed E-state index contributed by atoms with van der Waals surface area (Å²) in [4.78, 5) is 22.8. The second kappa shape index (κ2) is 5.69. The molecule has 114 valence electrons. The molecular formula is C14H19ClN4O2. The third kappa shape index (κ3) is 2.78. The highest BCUT2D eigenvalue weighted by Gasteiger charge is 2.35. The van der Waals surface area contributed by atoms with Gasteiger partial charge in [-0.1, -0.05) is 19.4 Å². The third-order valence-electron chi connectivity index (χ3n) is 4.00. The Balaban J connectivity index is 1.82. The van der Waals surface area contributed by atoms with Crippen molar-refractivity contribution in [2.24, 2.45) is 5.92 Å². The molecular weight excluding hydrogens is 292 g/mol. The van der Waals surface area contributed by atoms with Crippen molar-refractivity contribution in [3.05, 3.63) is 17.6 Å². The summed E-state index contributed by atoms with van der Waals surface area (Å²) >= 11 is 5.93. The number of aromatic amines is 1. The fourth-order valence-corrected chi connectivity index (χ4v) is 2.87. The summed E-state index contributed by atoms with van der Waals surface area (Å²) in [5, 5.41) is 9.39. The number of β-amino-alcohol motifs (C(OH)–C–C–N with tert-alkyl or cyclic N) is 1. The minimum absolute atomic E-state index is 0.113. The number of hydrogen-bond donors (Lipinski definition) is 2. The lowest BCUT2D eigenvalue weighted by Crippen LogP contribution is -2.47. The number of halogens is 1. The molecule has 0 bridgehead atoms. The fraction of sp³-hybridized carbons (Fsp3) is 0.571. The molecule has 7 heteroatoms. The van der Waals surface area contributed by atoms with Crippen LogP contribution < -0.4 is 4.90 Å². The van der Waals surface area contributed by atoms with Crippen molar-refractivity contribution in [2.75, 3.05) is 24.6 Å². The first-order valence-corrected chi connectivity index (χ1v) is 7.64. The number of carbonyl (C=O) groups excluding carboxylic acids is 1. The van der Waals surface area contributed by atoms with Crippen LogP contribution in [0, 0.1) is 5.92 Å². The first-order chi connectivity index (χ1) is 10.1. The highest BCUT2D eigenvalue weighted by Crippen LogP contribution is 2.36. The number of nitrogens with one attached hydrogen (secondary N) is 1. The van der Waals surface area contributed by atoms with Gasteiger partial charge in [0.25, 0.3) is 0 Å². The molecule has 0 atom stereocenters. The number of aromatic nitrogens is 2. The van der Waals surface area contributed by atoms with Gasteiger partial charge in [-0.2, -0.15) is 4.98 Å². The SMILES string of the molecule is C=C1c2[nH]c(Cl)nc2N(CCCC2CC2)C(=O)N1CCO. The van der Waals surface area contributed by atoms with Gasteiger partial charge in [0.05, 0.1) is 18.8 Å². The molecule has 1 aromatic heterocycles. The molecule has 0 radical (unpaired) electrons. The molecule has 0 unspecified atom stereocenters. The van der Waals surface area contributed by atoms with E-state index >= 15 is 0 Å². The maximum absolute atomic E-state index is 12.6. The zero-order valence-electron chi connectivity index (χ0n) is 11.8. The average Bonchev–Trinajstić information content (AvgIpc) is 3.19. The fourth-order valence-electron chi connectivity index (χ4n) is 2.70. The van der Waals surface area contributed by atoms with Crippen molar-refractivity contribution in [3.8, 4) is 0 Å². The summed E-state index contributed by atoms with van der Waals surface area (Å²) in [5.41, 5.74) is 1.15. The van der Waals surface area contributed by atoms with Gasteiger partial charge in [0.15, 0.2) is 5.82 Å². The van der Waals surface area contributed by atoms with E-state index in [0.717, 1.165) is 18.8 Å². The number of hydrogen-bond acceptors (Lipinski definition) is 3. The lowest BCUT2D eigenvalue weighted by atomic mass is 10.2. The lowest BCUT2D eigenvalue weighted by Gasteiger charge is -2.35. The Kier molecular flexibility index (Phi) is 3.91. The molecule has 0 spiro atoms. The molecule has 1 saturated carbocycles. The topological polar surface area (TPSA) is 72.5 Å². The number of urea groups is 1. The van der Waals surface area contributed by atoms with Crippen LogP contribution in [0.5, 0.6) is 0 Å². The predicted molar refractivity (Wildman–Crippen MR) is 81.1 cm³/mol. The number of H-pyrrole nitrogens is 1. The minimum atomic E-state index is -0.194. The summed E-state index contributed by atoms with van der Waals surface area (Å²) in [7, 11) is 0. The van der Waals surface area contributed by atoms with Gasteiger partial charge in [0.1, 0.15) is 5.69 Å². The maximum atomic E-state index is 12.6. The van der Waals surface area contributed by atoms with Crippen LogP contribution >= 0.6 is 11.6 Å². The number of imidazole rings is 1. The average molecular weight is 311 g/mol. The monoisotopic (exact) mass is 310 g/mol. The Morgan fingerprint density at radius 1 is 1.38 bits per heavy atom. The van der Waals surface area contributed by atoms with Gasteiger partial charge in [-0.3, -0.25) is 9.80 Å². The van der Waals surface area contributed by atoms with E-state index in [1.807, 2.05) is 0 Å². The Morgan fingerprint density at radius 3 is 2.81 bits per heavy atom. The Labute approximate surface area is 128 Å². The molecule has 2 aliphatic rings. The van der Waals surface area contributed by atoms with Crippen LogP contribution in [0.2, 0.25) is 5.28 Å². The smallest absolute Gasteiger partial charge is 0.330 e. The molecule has 3 rings (SSSR count). The number of aliphatic hydroxyl groups is 1. The van der Waals surface area contributed by atoms with Crippen LogP contribution in [0.3, 0.4) is 0 Å². The molecule has 0 aromatic carbocycles. The number of aliphatic hydroxyl groups excluding tert-OH is 1. The van der Waals surface area contributed by atoms with Gasteiger partial charge in [-0.25, -0.2) is 4.79 Å². The Bertz CT molecular complexity index is 567. The zero-order valence-corrected chi connectivity index (χ0v) is 12.6. The predicted octanol–water partition coefficient (Wildman–Crippen LogP) is 2.46. The number of nitrogens with zero attached hydrogens (tertiary/aromatic N) is 3. The van der Waals surface area contributed by atoms with E-state index in [-0.39, 0.29) is 24.5 Å². The van der Waals surface area contributed by atoms with E-state index in [2.05, 4.69) is 16.5 Å². The van der Waals surface area contributed by atoms with E-state index in [1.165, 1.54) is 17.7 Å². The summed E-state index contributed by atoms with van der Waals surface area (Å²) in [5.74, 6) is 1.37. The summed E-state index contributed by atoms with van der Waals surface area (Å²) in [6.45, 7) is 4.62.